The summed E-state index contributed by atoms with van der Waals surface area (Å²) in [6, 6.07) is 20.5. The first-order valence-corrected chi connectivity index (χ1v) is 13.6. The lowest BCUT2D eigenvalue weighted by Crippen LogP contribution is -2.22. The molecule has 0 unspecified atom stereocenters. The molecule has 2 aromatic heterocycles. The highest BCUT2D eigenvalue weighted by Gasteiger charge is 2.27. The van der Waals surface area contributed by atoms with E-state index >= 15 is 0 Å². The lowest BCUT2D eigenvalue weighted by molar-refractivity contribution is 0.0684. The standard InChI is InChI=1S/C32H34N4O3/c1-21-29-26-14-7-13-24-25(15-8-19-39-28-16-6-11-22-10-4-5-12-23(22)28)31(32(37)38)36(30(24)26)18-9-17-34(2)20-27(29)33-35(21)3/h4-7,10-14,16H,8-9,15,17-20H2,1-3H3,(H,37,38). The number of carbonyl (C=O) groups is 1. The van der Waals surface area contributed by atoms with Crippen molar-refractivity contribution >= 4 is 27.6 Å². The highest BCUT2D eigenvalue weighted by atomic mass is 16.5. The van der Waals surface area contributed by atoms with E-state index in [1.807, 2.05) is 40.6 Å². The summed E-state index contributed by atoms with van der Waals surface area (Å²) in [5, 5.41) is 18.6. The van der Waals surface area contributed by atoms with Crippen molar-refractivity contribution in [3.05, 3.63) is 83.3 Å². The van der Waals surface area contributed by atoms with Gasteiger partial charge in [0.25, 0.3) is 0 Å². The predicted molar refractivity (Wildman–Crippen MR) is 155 cm³/mol. The second-order valence-corrected chi connectivity index (χ2v) is 10.5. The summed E-state index contributed by atoms with van der Waals surface area (Å²) in [4.78, 5) is 15.0. The normalized spacial score (nSPS) is 14.0. The molecule has 3 heterocycles. The maximum absolute atomic E-state index is 12.8. The number of para-hydroxylation sites is 1. The Morgan fingerprint density at radius 3 is 2.62 bits per heavy atom. The van der Waals surface area contributed by atoms with Gasteiger partial charge in [-0.15, -0.1) is 0 Å². The average molecular weight is 523 g/mol. The summed E-state index contributed by atoms with van der Waals surface area (Å²) in [5.74, 6) is -0.0194. The Morgan fingerprint density at radius 2 is 1.77 bits per heavy atom. The monoisotopic (exact) mass is 522 g/mol. The molecule has 0 saturated heterocycles. The Hall–Kier alpha value is -4.10. The van der Waals surface area contributed by atoms with Crippen LogP contribution in [0.15, 0.2) is 60.7 Å². The van der Waals surface area contributed by atoms with Gasteiger partial charge in [-0.1, -0.05) is 54.6 Å². The summed E-state index contributed by atoms with van der Waals surface area (Å²) >= 11 is 0. The summed E-state index contributed by atoms with van der Waals surface area (Å²) in [6.45, 7) is 4.88. The number of benzene rings is 3. The Morgan fingerprint density at radius 1 is 1.00 bits per heavy atom. The predicted octanol–water partition coefficient (Wildman–Crippen LogP) is 6.05. The van der Waals surface area contributed by atoms with Crippen LogP contribution in [0.2, 0.25) is 0 Å². The number of nitrogens with zero attached hydrogens (tertiary/aromatic N) is 4. The van der Waals surface area contributed by atoms with E-state index < -0.39 is 5.97 Å². The van der Waals surface area contributed by atoms with E-state index in [9.17, 15) is 9.90 Å². The first-order valence-electron chi connectivity index (χ1n) is 13.6. The third-order valence-electron chi connectivity index (χ3n) is 7.98. The fourth-order valence-corrected chi connectivity index (χ4v) is 6.13. The molecule has 0 radical (unpaired) electrons. The molecule has 1 N–H and O–H groups in total. The van der Waals surface area contributed by atoms with Crippen molar-refractivity contribution in [1.29, 1.82) is 0 Å². The van der Waals surface area contributed by atoms with E-state index in [0.29, 0.717) is 31.7 Å². The minimum Gasteiger partial charge on any atom is -0.493 e. The summed E-state index contributed by atoms with van der Waals surface area (Å²) in [6.07, 6.45) is 2.20. The van der Waals surface area contributed by atoms with Gasteiger partial charge in [0.2, 0.25) is 0 Å². The van der Waals surface area contributed by atoms with Crippen molar-refractivity contribution in [3.63, 3.8) is 0 Å². The number of aryl methyl sites for hydroxylation is 3. The van der Waals surface area contributed by atoms with Gasteiger partial charge in [-0.05, 0) is 56.8 Å². The van der Waals surface area contributed by atoms with Crippen LogP contribution in [0.4, 0.5) is 0 Å². The Labute approximate surface area is 228 Å². The molecule has 39 heavy (non-hydrogen) atoms. The molecule has 7 heteroatoms. The van der Waals surface area contributed by atoms with E-state index in [1.54, 1.807) is 0 Å². The fraction of sp³-hybridized carbons (Fsp3) is 0.312. The molecule has 6 rings (SSSR count). The maximum atomic E-state index is 12.8. The van der Waals surface area contributed by atoms with Crippen LogP contribution in [0, 0.1) is 6.92 Å². The van der Waals surface area contributed by atoms with Gasteiger partial charge in [0.05, 0.1) is 17.8 Å². The first-order chi connectivity index (χ1) is 18.9. The zero-order valence-electron chi connectivity index (χ0n) is 22.8. The Bertz CT molecular complexity index is 1690. The highest BCUT2D eigenvalue weighted by molar-refractivity contribution is 6.04. The largest absolute Gasteiger partial charge is 0.493 e. The minimum atomic E-state index is -0.879. The number of aromatic nitrogens is 3. The van der Waals surface area contributed by atoms with Gasteiger partial charge >= 0.3 is 5.97 Å². The van der Waals surface area contributed by atoms with Crippen LogP contribution < -0.4 is 4.74 Å². The SMILES string of the molecule is Cc1c2c(nn1C)CN(C)CCCn1c(C(=O)O)c(CCCOc3cccc4ccccc34)c3cccc-2c31. The van der Waals surface area contributed by atoms with E-state index in [1.165, 1.54) is 0 Å². The van der Waals surface area contributed by atoms with Crippen LogP contribution in [0.3, 0.4) is 0 Å². The molecule has 3 aromatic carbocycles. The lowest BCUT2D eigenvalue weighted by Gasteiger charge is -2.20. The van der Waals surface area contributed by atoms with Crippen LogP contribution in [-0.4, -0.2) is 50.5 Å². The summed E-state index contributed by atoms with van der Waals surface area (Å²) < 4.78 is 10.2. The van der Waals surface area contributed by atoms with Gasteiger partial charge < -0.3 is 19.3 Å². The van der Waals surface area contributed by atoms with Gasteiger partial charge in [-0.25, -0.2) is 4.79 Å². The molecule has 0 atom stereocenters. The van der Waals surface area contributed by atoms with E-state index in [0.717, 1.165) is 75.0 Å². The second kappa shape index (κ2) is 10.2. The molecular weight excluding hydrogens is 488 g/mol. The molecule has 5 aromatic rings. The van der Waals surface area contributed by atoms with Gasteiger partial charge in [0.1, 0.15) is 11.4 Å². The molecule has 0 aliphatic carbocycles. The smallest absolute Gasteiger partial charge is 0.352 e. The zero-order chi connectivity index (χ0) is 27.1. The Kier molecular flexibility index (Phi) is 6.61. The van der Waals surface area contributed by atoms with Gasteiger partial charge in [-0.3, -0.25) is 4.68 Å². The van der Waals surface area contributed by atoms with Crippen LogP contribution in [-0.2, 0) is 26.6 Å². The van der Waals surface area contributed by atoms with Gasteiger partial charge in [0, 0.05) is 47.7 Å². The molecule has 200 valence electrons. The average Bonchev–Trinajstić information content (AvgIpc) is 3.39. The molecular formula is C32H34N4O3. The summed E-state index contributed by atoms with van der Waals surface area (Å²) in [5.41, 5.74) is 6.57. The van der Waals surface area contributed by atoms with Crippen molar-refractivity contribution in [3.8, 4) is 16.9 Å². The van der Waals surface area contributed by atoms with Crippen LogP contribution in [0.25, 0.3) is 32.8 Å². The molecule has 1 aliphatic heterocycles. The van der Waals surface area contributed by atoms with Crippen molar-refractivity contribution in [2.75, 3.05) is 20.2 Å². The van der Waals surface area contributed by atoms with E-state index in [-0.39, 0.29) is 0 Å². The van der Waals surface area contributed by atoms with Crippen molar-refractivity contribution in [2.24, 2.45) is 7.05 Å². The number of hydrogen-bond acceptors (Lipinski definition) is 4. The van der Waals surface area contributed by atoms with Gasteiger partial charge in [-0.2, -0.15) is 5.10 Å². The van der Waals surface area contributed by atoms with Crippen LogP contribution >= 0.6 is 0 Å². The van der Waals surface area contributed by atoms with Crippen LogP contribution in [0.1, 0.15) is 40.3 Å². The molecule has 1 aliphatic rings. The second-order valence-electron chi connectivity index (χ2n) is 10.5. The maximum Gasteiger partial charge on any atom is 0.352 e. The molecule has 0 saturated carbocycles. The number of carboxylic acid groups (broad SMARTS) is 1. The number of rotatable bonds is 6. The zero-order valence-corrected chi connectivity index (χ0v) is 22.8. The molecule has 0 fully saturated rings. The Balaban J connectivity index is 1.39. The number of carboxylic acids is 1. The third kappa shape index (κ3) is 4.46. The number of ether oxygens (including phenoxy) is 1. The number of hydrogen-bond donors (Lipinski definition) is 1. The van der Waals surface area contributed by atoms with Gasteiger partial charge in [0.15, 0.2) is 0 Å². The minimum absolute atomic E-state index is 0.397. The van der Waals surface area contributed by atoms with Crippen molar-refractivity contribution in [1.82, 2.24) is 19.2 Å². The lowest BCUT2D eigenvalue weighted by atomic mass is 9.98. The van der Waals surface area contributed by atoms with E-state index in [4.69, 9.17) is 9.84 Å². The molecule has 7 nitrogen and oxygen atoms in total. The quantitative estimate of drug-likeness (QED) is 0.275. The molecule has 0 spiro atoms. The van der Waals surface area contributed by atoms with E-state index in [2.05, 4.69) is 55.3 Å². The van der Waals surface area contributed by atoms with Crippen LogP contribution in [0.5, 0.6) is 5.75 Å². The molecule has 0 bridgehead atoms. The highest BCUT2D eigenvalue weighted by Crippen LogP contribution is 2.39. The third-order valence-corrected chi connectivity index (χ3v) is 7.98. The fourth-order valence-electron chi connectivity index (χ4n) is 6.13. The summed E-state index contributed by atoms with van der Waals surface area (Å²) in [7, 11) is 4.08. The number of aromatic carboxylic acids is 1. The first kappa shape index (κ1) is 25.2. The van der Waals surface area contributed by atoms with Crippen molar-refractivity contribution < 1.29 is 14.6 Å². The topological polar surface area (TPSA) is 72.5 Å². The van der Waals surface area contributed by atoms with Crippen molar-refractivity contribution in [2.45, 2.75) is 39.3 Å². The molecule has 0 amide bonds. The number of fused-ring (bicyclic) bond motifs is 3.